The molecule has 2 aromatic rings. The first-order valence-corrected chi connectivity index (χ1v) is 11.9. The van der Waals surface area contributed by atoms with Crippen molar-refractivity contribution in [3.63, 3.8) is 0 Å². The molecule has 0 aromatic heterocycles. The molecular formula is C21H24ClN3O5S. The zero-order valence-electron chi connectivity index (χ0n) is 16.9. The predicted molar refractivity (Wildman–Crippen MR) is 119 cm³/mol. The highest BCUT2D eigenvalue weighted by atomic mass is 35.5. The van der Waals surface area contributed by atoms with Gasteiger partial charge in [0, 0.05) is 12.6 Å². The summed E-state index contributed by atoms with van der Waals surface area (Å²) in [4.78, 5) is 22.8. The van der Waals surface area contributed by atoms with Gasteiger partial charge in [-0.15, -0.1) is 0 Å². The van der Waals surface area contributed by atoms with Crippen LogP contribution in [0.15, 0.2) is 53.4 Å². The van der Waals surface area contributed by atoms with E-state index in [2.05, 4.69) is 5.32 Å². The van der Waals surface area contributed by atoms with Crippen molar-refractivity contribution in [2.75, 3.05) is 17.4 Å². The van der Waals surface area contributed by atoms with Gasteiger partial charge in [0.25, 0.3) is 15.7 Å². The third-order valence-electron chi connectivity index (χ3n) is 5.35. The van der Waals surface area contributed by atoms with Crippen LogP contribution in [0.4, 0.5) is 11.4 Å². The maximum atomic E-state index is 13.3. The van der Waals surface area contributed by atoms with Crippen molar-refractivity contribution in [1.29, 1.82) is 0 Å². The molecule has 0 saturated heterocycles. The standard InChI is InChI=1S/C21H24ClN3O5S/c22-19-12-11-18(13-20(19)25(27)28)31(29,30)24(17-9-5-2-6-10-17)15-21(26)23-14-16-7-3-1-4-8-16/h2,5-6,9-13,16H,1,3-4,7-8,14-15H2,(H,23,26). The molecule has 0 aliphatic heterocycles. The molecule has 0 spiro atoms. The molecule has 1 fully saturated rings. The van der Waals surface area contributed by atoms with Gasteiger partial charge in [-0.2, -0.15) is 0 Å². The summed E-state index contributed by atoms with van der Waals surface area (Å²) < 4.78 is 27.6. The van der Waals surface area contributed by atoms with Crippen LogP contribution in [-0.2, 0) is 14.8 Å². The third-order valence-corrected chi connectivity index (χ3v) is 7.44. The summed E-state index contributed by atoms with van der Waals surface area (Å²) in [6.07, 6.45) is 5.59. The van der Waals surface area contributed by atoms with Gasteiger partial charge in [-0.1, -0.05) is 49.1 Å². The molecule has 0 heterocycles. The molecule has 10 heteroatoms. The quantitative estimate of drug-likeness (QED) is 0.465. The first-order valence-electron chi connectivity index (χ1n) is 10.1. The summed E-state index contributed by atoms with van der Waals surface area (Å²) in [6.45, 7) is 0.0728. The number of para-hydroxylation sites is 1. The highest BCUT2D eigenvalue weighted by Crippen LogP contribution is 2.30. The van der Waals surface area contributed by atoms with E-state index in [-0.39, 0.29) is 15.6 Å². The van der Waals surface area contributed by atoms with Crippen molar-refractivity contribution in [2.45, 2.75) is 37.0 Å². The lowest BCUT2D eigenvalue weighted by atomic mass is 9.89. The summed E-state index contributed by atoms with van der Waals surface area (Å²) in [5, 5.41) is 13.9. The minimum atomic E-state index is -4.26. The Bertz CT molecular complexity index is 1040. The number of benzene rings is 2. The summed E-state index contributed by atoms with van der Waals surface area (Å²) >= 11 is 5.82. The molecule has 3 rings (SSSR count). The van der Waals surface area contributed by atoms with E-state index in [1.807, 2.05) is 0 Å². The number of hydrogen-bond acceptors (Lipinski definition) is 5. The topological polar surface area (TPSA) is 110 Å². The van der Waals surface area contributed by atoms with Crippen LogP contribution in [0.25, 0.3) is 0 Å². The lowest BCUT2D eigenvalue weighted by Gasteiger charge is -2.25. The molecule has 0 radical (unpaired) electrons. The molecule has 166 valence electrons. The van der Waals surface area contributed by atoms with Crippen LogP contribution in [0, 0.1) is 16.0 Å². The predicted octanol–water partition coefficient (Wildman–Crippen LogP) is 4.14. The molecule has 1 saturated carbocycles. The van der Waals surface area contributed by atoms with E-state index in [9.17, 15) is 23.3 Å². The Morgan fingerprint density at radius 3 is 2.45 bits per heavy atom. The van der Waals surface area contributed by atoms with Crippen molar-refractivity contribution >= 4 is 38.9 Å². The van der Waals surface area contributed by atoms with Crippen LogP contribution in [0.2, 0.25) is 5.02 Å². The van der Waals surface area contributed by atoms with E-state index in [4.69, 9.17) is 11.6 Å². The smallest absolute Gasteiger partial charge is 0.289 e. The van der Waals surface area contributed by atoms with Crippen LogP contribution < -0.4 is 9.62 Å². The number of rotatable bonds is 8. The Kier molecular flexibility index (Phi) is 7.50. The summed E-state index contributed by atoms with van der Waals surface area (Å²) in [6, 6.07) is 11.4. The Morgan fingerprint density at radius 1 is 1.13 bits per heavy atom. The average Bonchev–Trinajstić information content (AvgIpc) is 2.77. The van der Waals surface area contributed by atoms with Crippen molar-refractivity contribution in [1.82, 2.24) is 5.32 Å². The summed E-state index contributed by atoms with van der Waals surface area (Å²) in [5.41, 5.74) is -0.231. The van der Waals surface area contributed by atoms with Gasteiger partial charge in [-0.25, -0.2) is 8.42 Å². The second-order valence-electron chi connectivity index (χ2n) is 7.53. The Balaban J connectivity index is 1.85. The second kappa shape index (κ2) is 10.1. The SMILES string of the molecule is O=C(CN(c1ccccc1)S(=O)(=O)c1ccc(Cl)c([N+](=O)[O-])c1)NCC1CCCCC1. The molecule has 1 N–H and O–H groups in total. The molecule has 8 nitrogen and oxygen atoms in total. The number of amides is 1. The fraction of sp³-hybridized carbons (Fsp3) is 0.381. The average molecular weight is 466 g/mol. The fourth-order valence-electron chi connectivity index (χ4n) is 3.67. The van der Waals surface area contributed by atoms with Crippen LogP contribution >= 0.6 is 11.6 Å². The zero-order chi connectivity index (χ0) is 22.4. The van der Waals surface area contributed by atoms with Gasteiger partial charge in [-0.05, 0) is 43.0 Å². The van der Waals surface area contributed by atoms with E-state index < -0.39 is 33.1 Å². The minimum absolute atomic E-state index is 0.166. The Morgan fingerprint density at radius 2 is 1.81 bits per heavy atom. The molecule has 1 aliphatic carbocycles. The molecule has 1 aliphatic rings. The molecule has 0 bridgehead atoms. The molecule has 31 heavy (non-hydrogen) atoms. The van der Waals surface area contributed by atoms with Gasteiger partial charge >= 0.3 is 0 Å². The van der Waals surface area contributed by atoms with E-state index in [1.54, 1.807) is 30.3 Å². The first-order chi connectivity index (χ1) is 14.8. The van der Waals surface area contributed by atoms with Crippen LogP contribution in [0.3, 0.4) is 0 Å². The molecular weight excluding hydrogens is 442 g/mol. The second-order valence-corrected chi connectivity index (χ2v) is 9.80. The van der Waals surface area contributed by atoms with Gasteiger partial charge in [0.15, 0.2) is 0 Å². The molecule has 0 unspecified atom stereocenters. The maximum Gasteiger partial charge on any atom is 0.289 e. The summed E-state index contributed by atoms with van der Waals surface area (Å²) in [5.74, 6) is -0.0279. The van der Waals surface area contributed by atoms with Crippen molar-refractivity contribution < 1.29 is 18.1 Å². The summed E-state index contributed by atoms with van der Waals surface area (Å²) in [7, 11) is -4.26. The van der Waals surface area contributed by atoms with Crippen molar-refractivity contribution in [2.24, 2.45) is 5.92 Å². The highest BCUT2D eigenvalue weighted by molar-refractivity contribution is 7.92. The number of sulfonamides is 1. The van der Waals surface area contributed by atoms with Crippen LogP contribution in [0.5, 0.6) is 0 Å². The molecule has 1 amide bonds. The number of nitrogens with zero attached hydrogens (tertiary/aromatic N) is 2. The number of nitro benzene ring substituents is 1. The van der Waals surface area contributed by atoms with Gasteiger partial charge in [0.1, 0.15) is 11.6 Å². The normalized spacial score (nSPS) is 14.7. The number of nitro groups is 1. The zero-order valence-corrected chi connectivity index (χ0v) is 18.4. The van der Waals surface area contributed by atoms with Crippen LogP contribution in [-0.4, -0.2) is 32.3 Å². The highest BCUT2D eigenvalue weighted by Gasteiger charge is 2.29. The van der Waals surface area contributed by atoms with E-state index in [0.29, 0.717) is 12.5 Å². The lowest BCUT2D eigenvalue weighted by molar-refractivity contribution is -0.384. The number of carbonyl (C=O) groups excluding carboxylic acids is 1. The van der Waals surface area contributed by atoms with Crippen molar-refractivity contribution in [3.8, 4) is 0 Å². The largest absolute Gasteiger partial charge is 0.354 e. The van der Waals surface area contributed by atoms with E-state index in [1.165, 1.54) is 18.6 Å². The first kappa shape index (κ1) is 23.0. The fourth-order valence-corrected chi connectivity index (χ4v) is 5.29. The number of carbonyl (C=O) groups is 1. The maximum absolute atomic E-state index is 13.3. The van der Waals surface area contributed by atoms with Crippen LogP contribution in [0.1, 0.15) is 32.1 Å². The van der Waals surface area contributed by atoms with Crippen molar-refractivity contribution in [3.05, 3.63) is 63.7 Å². The minimum Gasteiger partial charge on any atom is -0.354 e. The molecule has 0 atom stereocenters. The monoisotopic (exact) mass is 465 g/mol. The van der Waals surface area contributed by atoms with Gasteiger partial charge in [0.05, 0.1) is 15.5 Å². The molecule has 2 aromatic carbocycles. The number of halogens is 1. The van der Waals surface area contributed by atoms with Gasteiger partial charge in [-0.3, -0.25) is 19.2 Å². The lowest BCUT2D eigenvalue weighted by Crippen LogP contribution is -2.42. The number of hydrogen-bond donors (Lipinski definition) is 1. The van der Waals surface area contributed by atoms with Gasteiger partial charge in [0.2, 0.25) is 5.91 Å². The van der Waals surface area contributed by atoms with E-state index >= 15 is 0 Å². The van der Waals surface area contributed by atoms with E-state index in [0.717, 1.165) is 36.1 Å². The Labute approximate surface area is 186 Å². The Hall–Kier alpha value is -2.65. The van der Waals surface area contributed by atoms with Gasteiger partial charge < -0.3 is 5.32 Å². The number of nitrogens with one attached hydrogen (secondary N) is 1. The third kappa shape index (κ3) is 5.74. The number of anilines is 1.